The van der Waals surface area contributed by atoms with Crippen molar-refractivity contribution >= 4 is 69.4 Å². The number of carbonyl (C=O) groups excluding carboxylic acids is 4. The maximum atomic E-state index is 15.3. The third-order valence-corrected chi connectivity index (χ3v) is 14.0. The Hall–Kier alpha value is -5.20. The molecule has 2 atom stereocenters. The highest BCUT2D eigenvalue weighted by Gasteiger charge is 2.50. The van der Waals surface area contributed by atoms with Crippen LogP contribution in [0.4, 0.5) is 21.0 Å². The lowest BCUT2D eigenvalue weighted by Gasteiger charge is -2.29. The van der Waals surface area contributed by atoms with Gasteiger partial charge in [-0.15, -0.1) is 22.7 Å². The number of nitrogens with zero attached hydrogens (tertiary/aromatic N) is 2. The molecule has 2 aliphatic heterocycles. The zero-order valence-electron chi connectivity index (χ0n) is 40.0. The van der Waals surface area contributed by atoms with E-state index in [4.69, 9.17) is 9.47 Å². The van der Waals surface area contributed by atoms with Crippen LogP contribution in [0.2, 0.25) is 0 Å². The number of thiophene rings is 2. The van der Waals surface area contributed by atoms with Gasteiger partial charge in [0.1, 0.15) is 11.2 Å². The van der Waals surface area contributed by atoms with E-state index in [0.29, 0.717) is 47.0 Å². The first-order valence-corrected chi connectivity index (χ1v) is 25.1. The lowest BCUT2D eigenvalue weighted by molar-refractivity contribution is -0.124. The Bertz CT molecular complexity index is 2380. The van der Waals surface area contributed by atoms with Gasteiger partial charge in [-0.1, -0.05) is 96.9 Å². The van der Waals surface area contributed by atoms with Crippen LogP contribution in [0, 0.1) is 11.8 Å². The van der Waals surface area contributed by atoms with Crippen LogP contribution in [-0.2, 0) is 19.1 Å². The molecule has 0 saturated heterocycles. The molecular formula is C53H68N4O6S2. The number of carbonyl (C=O) groups is 4. The van der Waals surface area contributed by atoms with Crippen molar-refractivity contribution in [1.82, 2.24) is 9.80 Å². The summed E-state index contributed by atoms with van der Waals surface area (Å²) >= 11 is 3.14. The summed E-state index contributed by atoms with van der Waals surface area (Å²) < 4.78 is 10.9. The molecule has 6 rings (SSSR count). The van der Waals surface area contributed by atoms with Crippen molar-refractivity contribution < 1.29 is 28.7 Å². The summed E-state index contributed by atoms with van der Waals surface area (Å²) in [6.45, 7) is 20.8. The van der Waals surface area contributed by atoms with E-state index in [9.17, 15) is 9.59 Å². The van der Waals surface area contributed by atoms with Crippen molar-refractivity contribution in [3.8, 4) is 20.9 Å². The summed E-state index contributed by atoms with van der Waals surface area (Å²) in [7, 11) is 0. The van der Waals surface area contributed by atoms with Crippen LogP contribution in [0.3, 0.4) is 0 Å². The summed E-state index contributed by atoms with van der Waals surface area (Å²) in [5.74, 6) is 0.322. The predicted octanol–water partition coefficient (Wildman–Crippen LogP) is 14.5. The quantitative estimate of drug-likeness (QED) is 0.0905. The minimum absolute atomic E-state index is 0.114. The van der Waals surface area contributed by atoms with E-state index in [1.165, 1.54) is 0 Å². The van der Waals surface area contributed by atoms with Crippen LogP contribution in [0.5, 0.6) is 0 Å². The molecule has 65 heavy (non-hydrogen) atoms. The van der Waals surface area contributed by atoms with Crippen molar-refractivity contribution in [1.29, 1.82) is 0 Å². The number of anilines is 2. The highest BCUT2D eigenvalue weighted by atomic mass is 32.1. The van der Waals surface area contributed by atoms with Crippen molar-refractivity contribution in [2.24, 2.45) is 11.8 Å². The summed E-state index contributed by atoms with van der Waals surface area (Å²) in [6, 6.07) is 23.5. The van der Waals surface area contributed by atoms with Crippen LogP contribution in [0.1, 0.15) is 137 Å². The van der Waals surface area contributed by atoms with Crippen LogP contribution < -0.4 is 10.6 Å². The van der Waals surface area contributed by atoms with Gasteiger partial charge in [0.2, 0.25) is 0 Å². The first kappa shape index (κ1) is 49.2. The van der Waals surface area contributed by atoms with Gasteiger partial charge in [0.05, 0.1) is 32.3 Å². The number of amides is 4. The molecule has 0 spiro atoms. The van der Waals surface area contributed by atoms with Crippen molar-refractivity contribution in [2.75, 3.05) is 23.7 Å². The highest BCUT2D eigenvalue weighted by molar-refractivity contribution is 7.17. The molecule has 0 saturated carbocycles. The maximum absolute atomic E-state index is 15.3. The standard InChI is InChI=1S/C53H68N4O6S2/c1-11-15-17-19-35(14-4)33-57-47(43-31-29-41(65-43)37-22-26-39(27-23-37)55-51(61)63-53(8,9)10)45-44(49(57)59)46(56(48(45)58)32-34(13-3)18-16-12-2)42-30-28-40(64-42)36-20-24-38(25-21-36)54-50(60)62-52(5,6)7/h20-31,34-35H,11-19,32-33H2,1-10H3,(H,54,60)(H,55,61). The van der Waals surface area contributed by atoms with E-state index < -0.39 is 23.4 Å². The summed E-state index contributed by atoms with van der Waals surface area (Å²) in [5, 5.41) is 5.62. The van der Waals surface area contributed by atoms with Gasteiger partial charge in [-0.3, -0.25) is 20.2 Å². The molecule has 0 radical (unpaired) electrons. The number of unbranched alkanes of at least 4 members (excludes halogenated alkanes) is 3. The lowest BCUT2D eigenvalue weighted by Crippen LogP contribution is -2.34. The fourth-order valence-electron chi connectivity index (χ4n) is 8.32. The molecule has 4 amide bonds. The predicted molar refractivity (Wildman–Crippen MR) is 268 cm³/mol. The first-order valence-electron chi connectivity index (χ1n) is 23.5. The SMILES string of the molecule is CCCCCC(CC)CN1C(=O)C2=C(c3ccc(-c4ccc(NC(=O)OC(C)(C)C)cc4)s3)N(CC(CC)CCCC)C(=O)C2=C1c1ccc(-c2ccc(NC(=O)OC(C)(C)C)cc2)s1. The molecule has 2 aromatic heterocycles. The second-order valence-corrected chi connectivity index (χ2v) is 21.4. The largest absolute Gasteiger partial charge is 0.444 e. The van der Waals surface area contributed by atoms with Crippen molar-refractivity contribution in [3.05, 3.63) is 93.7 Å². The van der Waals surface area contributed by atoms with Gasteiger partial charge in [-0.05, 0) is 126 Å². The van der Waals surface area contributed by atoms with Gasteiger partial charge in [0, 0.05) is 34.2 Å². The molecule has 0 fully saturated rings. The molecule has 4 aromatic rings. The third kappa shape index (κ3) is 12.4. The molecule has 2 aromatic carbocycles. The number of hydrogen-bond acceptors (Lipinski definition) is 8. The molecule has 4 heterocycles. The van der Waals surface area contributed by atoms with Gasteiger partial charge in [-0.2, -0.15) is 0 Å². The lowest BCUT2D eigenvalue weighted by atomic mass is 9.97. The molecule has 2 aliphatic rings. The number of fused-ring (bicyclic) bond motifs is 1. The molecule has 0 bridgehead atoms. The molecule has 2 unspecified atom stereocenters. The van der Waals surface area contributed by atoms with Crippen LogP contribution in [0.15, 0.2) is 83.9 Å². The Kier molecular flexibility index (Phi) is 16.2. The minimum Gasteiger partial charge on any atom is -0.444 e. The van der Waals surface area contributed by atoms with E-state index >= 15 is 9.59 Å². The number of hydrogen-bond donors (Lipinski definition) is 2. The third-order valence-electron chi connectivity index (χ3n) is 11.7. The van der Waals surface area contributed by atoms with Gasteiger partial charge in [-0.25, -0.2) is 9.59 Å². The Morgan fingerprint density at radius 3 is 1.26 bits per heavy atom. The monoisotopic (exact) mass is 920 g/mol. The van der Waals surface area contributed by atoms with E-state index in [-0.39, 0.29) is 23.7 Å². The molecular weight excluding hydrogens is 853 g/mol. The summed E-state index contributed by atoms with van der Waals surface area (Å²) in [5.41, 5.74) is 4.34. The van der Waals surface area contributed by atoms with Gasteiger partial charge in [0.25, 0.3) is 11.8 Å². The second-order valence-electron chi connectivity index (χ2n) is 19.2. The first-order chi connectivity index (χ1) is 30.9. The molecule has 348 valence electrons. The molecule has 12 heteroatoms. The van der Waals surface area contributed by atoms with Crippen LogP contribution in [0.25, 0.3) is 32.3 Å². The molecule has 0 aliphatic carbocycles. The highest BCUT2D eigenvalue weighted by Crippen LogP contribution is 2.50. The molecule has 10 nitrogen and oxygen atoms in total. The number of benzene rings is 2. The fourth-order valence-corrected chi connectivity index (χ4v) is 10.5. The maximum Gasteiger partial charge on any atom is 0.412 e. The van der Waals surface area contributed by atoms with E-state index in [0.717, 1.165) is 88.4 Å². The van der Waals surface area contributed by atoms with E-state index in [1.807, 2.05) is 112 Å². The minimum atomic E-state index is -0.611. The Morgan fingerprint density at radius 2 is 0.908 bits per heavy atom. The second kappa shape index (κ2) is 21.4. The Labute approximate surface area is 394 Å². The number of nitrogens with one attached hydrogen (secondary N) is 2. The fraction of sp³-hybridized carbons (Fsp3) is 0.472. The zero-order valence-corrected chi connectivity index (χ0v) is 41.7. The Morgan fingerprint density at radius 1 is 0.538 bits per heavy atom. The topological polar surface area (TPSA) is 117 Å². The molecule has 2 N–H and O–H groups in total. The average molecular weight is 921 g/mol. The van der Waals surface area contributed by atoms with Crippen LogP contribution >= 0.6 is 22.7 Å². The van der Waals surface area contributed by atoms with Gasteiger partial charge < -0.3 is 19.3 Å². The van der Waals surface area contributed by atoms with Crippen molar-refractivity contribution in [2.45, 2.75) is 138 Å². The summed E-state index contributed by atoms with van der Waals surface area (Å²) in [6.07, 6.45) is 8.34. The smallest absolute Gasteiger partial charge is 0.412 e. The van der Waals surface area contributed by atoms with Crippen molar-refractivity contribution in [3.63, 3.8) is 0 Å². The van der Waals surface area contributed by atoms with E-state index in [1.54, 1.807) is 22.7 Å². The average Bonchev–Trinajstić information content (AvgIpc) is 4.04. The zero-order chi connectivity index (χ0) is 47.1. The van der Waals surface area contributed by atoms with E-state index in [2.05, 4.69) is 50.5 Å². The van der Waals surface area contributed by atoms with Gasteiger partial charge in [0.15, 0.2) is 0 Å². The Balaban J connectivity index is 1.42. The number of rotatable bonds is 19. The van der Waals surface area contributed by atoms with Crippen LogP contribution in [-0.4, -0.2) is 58.1 Å². The summed E-state index contributed by atoms with van der Waals surface area (Å²) in [4.78, 5) is 63.0. The van der Waals surface area contributed by atoms with Gasteiger partial charge >= 0.3 is 12.2 Å². The number of ether oxygens (including phenoxy) is 2. The normalized spacial score (nSPS) is 15.2.